The predicted octanol–water partition coefficient (Wildman–Crippen LogP) is 4.55. The summed E-state index contributed by atoms with van der Waals surface area (Å²) in [4.78, 5) is 10.4. The second kappa shape index (κ2) is 5.00. The number of rotatable bonds is 3. The van der Waals surface area contributed by atoms with Crippen molar-refractivity contribution in [3.05, 3.63) is 32.8 Å². The van der Waals surface area contributed by atoms with Crippen LogP contribution in [0.3, 0.4) is 0 Å². The van der Waals surface area contributed by atoms with Gasteiger partial charge in [0.2, 0.25) is 0 Å². The third-order valence-electron chi connectivity index (χ3n) is 3.82. The molecule has 5 heteroatoms. The molecule has 1 saturated carbocycles. The van der Waals surface area contributed by atoms with Crippen LogP contribution in [0.4, 0.5) is 11.4 Å². The van der Waals surface area contributed by atoms with Gasteiger partial charge in [0, 0.05) is 17.8 Å². The Morgan fingerprint density at radius 2 is 2.16 bits per heavy atom. The molecule has 1 aromatic rings. The number of nitrogens with one attached hydrogen (secondary N) is 1. The molecular weight excluding hydrogens is 264 g/mol. The first-order valence-electron chi connectivity index (χ1n) is 6.49. The fraction of sp³-hybridized carbons (Fsp3) is 0.571. The molecule has 1 N–H and O–H groups in total. The number of nitro benzene ring substituents is 1. The highest BCUT2D eigenvalue weighted by Crippen LogP contribution is 2.39. The Bertz CT molecular complexity index is 514. The summed E-state index contributed by atoms with van der Waals surface area (Å²) in [6.07, 6.45) is 3.44. The van der Waals surface area contributed by atoms with E-state index in [1.54, 1.807) is 6.07 Å². The molecule has 1 unspecified atom stereocenters. The molecule has 0 aliphatic heterocycles. The standard InChI is InChI=1S/C14H19ClN2O2/c1-9-6-13(17(18)19)11(15)7-12(9)16-10-4-5-14(2,3)8-10/h6-7,10,16H,4-5,8H2,1-3H3. The summed E-state index contributed by atoms with van der Waals surface area (Å²) >= 11 is 5.96. The maximum atomic E-state index is 10.8. The zero-order valence-corrected chi connectivity index (χ0v) is 12.3. The van der Waals surface area contributed by atoms with E-state index in [1.165, 1.54) is 12.5 Å². The molecule has 0 aromatic heterocycles. The molecule has 1 aromatic carbocycles. The number of halogens is 1. The quantitative estimate of drug-likeness (QED) is 0.654. The van der Waals surface area contributed by atoms with Gasteiger partial charge in [-0.15, -0.1) is 0 Å². The van der Waals surface area contributed by atoms with Gasteiger partial charge in [0.05, 0.1) is 4.92 Å². The highest BCUT2D eigenvalue weighted by atomic mass is 35.5. The van der Waals surface area contributed by atoms with Crippen LogP contribution in [0.1, 0.15) is 38.7 Å². The summed E-state index contributed by atoms with van der Waals surface area (Å²) in [6.45, 7) is 6.40. The number of aryl methyl sites for hydroxylation is 1. The molecule has 104 valence electrons. The molecular formula is C14H19ClN2O2. The number of hydrogen-bond donors (Lipinski definition) is 1. The van der Waals surface area contributed by atoms with Gasteiger partial charge in [0.1, 0.15) is 5.02 Å². The summed E-state index contributed by atoms with van der Waals surface area (Å²) in [5.74, 6) is 0. The fourth-order valence-corrected chi connectivity index (χ4v) is 2.97. The molecule has 1 atom stereocenters. The Labute approximate surface area is 118 Å². The van der Waals surface area contributed by atoms with E-state index in [9.17, 15) is 10.1 Å². The van der Waals surface area contributed by atoms with Crippen LogP contribution in [0, 0.1) is 22.5 Å². The number of nitro groups is 1. The molecule has 2 rings (SSSR count). The third-order valence-corrected chi connectivity index (χ3v) is 4.12. The predicted molar refractivity (Wildman–Crippen MR) is 77.9 cm³/mol. The molecule has 1 aliphatic carbocycles. The molecule has 1 fully saturated rings. The zero-order valence-electron chi connectivity index (χ0n) is 11.5. The van der Waals surface area contributed by atoms with E-state index in [2.05, 4.69) is 19.2 Å². The van der Waals surface area contributed by atoms with E-state index in [0.29, 0.717) is 11.5 Å². The second-order valence-electron chi connectivity index (χ2n) is 6.12. The monoisotopic (exact) mass is 282 g/mol. The molecule has 0 amide bonds. The van der Waals surface area contributed by atoms with Crippen LogP contribution in [-0.2, 0) is 0 Å². The summed E-state index contributed by atoms with van der Waals surface area (Å²) in [6, 6.07) is 3.62. The first-order valence-corrected chi connectivity index (χ1v) is 6.87. The Morgan fingerprint density at radius 1 is 1.47 bits per heavy atom. The van der Waals surface area contributed by atoms with E-state index < -0.39 is 4.92 Å². The summed E-state index contributed by atoms with van der Waals surface area (Å²) < 4.78 is 0. The highest BCUT2D eigenvalue weighted by molar-refractivity contribution is 6.33. The molecule has 0 bridgehead atoms. The van der Waals surface area contributed by atoms with Gasteiger partial charge < -0.3 is 5.32 Å². The summed E-state index contributed by atoms with van der Waals surface area (Å²) in [7, 11) is 0. The Kier molecular flexibility index (Phi) is 3.72. The van der Waals surface area contributed by atoms with E-state index in [1.807, 2.05) is 6.92 Å². The molecule has 4 nitrogen and oxygen atoms in total. The Balaban J connectivity index is 2.18. The first kappa shape index (κ1) is 14.1. The van der Waals surface area contributed by atoms with Crippen LogP contribution in [0.2, 0.25) is 5.02 Å². The van der Waals surface area contributed by atoms with Crippen molar-refractivity contribution < 1.29 is 4.92 Å². The summed E-state index contributed by atoms with van der Waals surface area (Å²) in [5.41, 5.74) is 2.10. The Hall–Kier alpha value is -1.29. The third kappa shape index (κ3) is 3.18. The Morgan fingerprint density at radius 3 is 2.68 bits per heavy atom. The lowest BCUT2D eigenvalue weighted by Gasteiger charge is -2.19. The van der Waals surface area contributed by atoms with Crippen molar-refractivity contribution in [1.29, 1.82) is 0 Å². The smallest absolute Gasteiger partial charge is 0.288 e. The maximum absolute atomic E-state index is 10.8. The van der Waals surface area contributed by atoms with Gasteiger partial charge in [-0.2, -0.15) is 0 Å². The van der Waals surface area contributed by atoms with Gasteiger partial charge >= 0.3 is 0 Å². The van der Waals surface area contributed by atoms with Crippen molar-refractivity contribution in [3.63, 3.8) is 0 Å². The largest absolute Gasteiger partial charge is 0.382 e. The van der Waals surface area contributed by atoms with Crippen LogP contribution in [-0.4, -0.2) is 11.0 Å². The average Bonchev–Trinajstić information content (AvgIpc) is 2.62. The minimum Gasteiger partial charge on any atom is -0.382 e. The van der Waals surface area contributed by atoms with E-state index >= 15 is 0 Å². The van der Waals surface area contributed by atoms with Gasteiger partial charge in [0.15, 0.2) is 0 Å². The fourth-order valence-electron chi connectivity index (χ4n) is 2.74. The summed E-state index contributed by atoms with van der Waals surface area (Å²) in [5, 5.41) is 14.5. The van der Waals surface area contributed by atoms with Crippen molar-refractivity contribution in [3.8, 4) is 0 Å². The molecule has 1 aliphatic rings. The van der Waals surface area contributed by atoms with Crippen molar-refractivity contribution >= 4 is 23.0 Å². The van der Waals surface area contributed by atoms with Crippen LogP contribution < -0.4 is 5.32 Å². The van der Waals surface area contributed by atoms with Gasteiger partial charge in [-0.05, 0) is 43.2 Å². The van der Waals surface area contributed by atoms with Gasteiger partial charge in [-0.25, -0.2) is 0 Å². The van der Waals surface area contributed by atoms with Crippen LogP contribution in [0.25, 0.3) is 0 Å². The van der Waals surface area contributed by atoms with Gasteiger partial charge in [0.25, 0.3) is 5.69 Å². The van der Waals surface area contributed by atoms with Crippen molar-refractivity contribution in [2.75, 3.05) is 5.32 Å². The molecule has 0 heterocycles. The molecule has 0 saturated heterocycles. The van der Waals surface area contributed by atoms with Crippen molar-refractivity contribution in [2.24, 2.45) is 5.41 Å². The molecule has 19 heavy (non-hydrogen) atoms. The van der Waals surface area contributed by atoms with E-state index in [4.69, 9.17) is 11.6 Å². The van der Waals surface area contributed by atoms with Crippen LogP contribution in [0.15, 0.2) is 12.1 Å². The average molecular weight is 283 g/mol. The second-order valence-corrected chi connectivity index (χ2v) is 6.53. The van der Waals surface area contributed by atoms with Gasteiger partial charge in [-0.3, -0.25) is 10.1 Å². The lowest BCUT2D eigenvalue weighted by molar-refractivity contribution is -0.384. The van der Waals surface area contributed by atoms with E-state index in [0.717, 1.165) is 24.1 Å². The molecule has 0 radical (unpaired) electrons. The topological polar surface area (TPSA) is 55.2 Å². The van der Waals surface area contributed by atoms with Crippen molar-refractivity contribution in [2.45, 2.75) is 46.1 Å². The lowest BCUT2D eigenvalue weighted by atomic mass is 9.92. The van der Waals surface area contributed by atoms with Crippen LogP contribution >= 0.6 is 11.6 Å². The maximum Gasteiger partial charge on any atom is 0.288 e. The van der Waals surface area contributed by atoms with Crippen LogP contribution in [0.5, 0.6) is 0 Å². The zero-order chi connectivity index (χ0) is 14.2. The normalized spacial score (nSPS) is 21.4. The highest BCUT2D eigenvalue weighted by Gasteiger charge is 2.31. The van der Waals surface area contributed by atoms with Crippen molar-refractivity contribution in [1.82, 2.24) is 0 Å². The first-order chi connectivity index (χ1) is 8.78. The van der Waals surface area contributed by atoms with Gasteiger partial charge in [-0.1, -0.05) is 25.4 Å². The number of nitrogens with zero attached hydrogens (tertiary/aromatic N) is 1. The lowest BCUT2D eigenvalue weighted by Crippen LogP contribution is -2.18. The van der Waals surface area contributed by atoms with E-state index in [-0.39, 0.29) is 10.7 Å². The number of benzene rings is 1. The minimum absolute atomic E-state index is 0.0310. The number of hydrogen-bond acceptors (Lipinski definition) is 3. The number of anilines is 1. The SMILES string of the molecule is Cc1cc([N+](=O)[O-])c(Cl)cc1NC1CCC(C)(C)C1. The molecule has 0 spiro atoms. The minimum atomic E-state index is -0.447.